The molecule has 0 atom stereocenters. The second-order valence-electron chi connectivity index (χ2n) is 10.0. The molecule has 2 N–H and O–H groups in total. The molecule has 192 valence electrons. The second kappa shape index (κ2) is 9.78. The highest BCUT2D eigenvalue weighted by Crippen LogP contribution is 2.57. The Hall–Kier alpha value is -4.73. The Morgan fingerprint density at radius 1 is 0.400 bits per heavy atom. The predicted octanol–water partition coefficient (Wildman–Crippen LogP) is 8.56. The molecule has 3 heteroatoms. The molecule has 6 aromatic rings. The maximum absolute atomic E-state index is 10.2. The standard InChI is InChI=1S/C37H26O2S/c38-28-19-15-26(16-20-28)37(27-17-21-29(39)22-18-27)35-14-8-7-13-33(35)34-24-23-32(25-36(34)37)40(30-9-3-1-4-10-30)31-11-5-2-6-12-31/h1-25H,(H-,38,39)/p+1. The van der Waals surface area contributed by atoms with E-state index < -0.39 is 5.41 Å². The zero-order valence-electron chi connectivity index (χ0n) is 21.7. The molecule has 6 aromatic carbocycles. The third-order valence-corrected chi connectivity index (χ3v) is 10.0. The van der Waals surface area contributed by atoms with Gasteiger partial charge < -0.3 is 10.2 Å². The number of phenols is 2. The van der Waals surface area contributed by atoms with E-state index in [9.17, 15) is 10.2 Å². The van der Waals surface area contributed by atoms with Crippen molar-refractivity contribution in [1.82, 2.24) is 0 Å². The predicted molar refractivity (Wildman–Crippen MR) is 162 cm³/mol. The fraction of sp³-hybridized carbons (Fsp3) is 0.0270. The van der Waals surface area contributed by atoms with Gasteiger partial charge in [-0.3, -0.25) is 0 Å². The number of rotatable bonds is 5. The average Bonchev–Trinajstić information content (AvgIpc) is 3.30. The highest BCUT2D eigenvalue weighted by molar-refractivity contribution is 7.97. The SMILES string of the molecule is Oc1ccc(C2(c3ccc(O)cc3)c3ccccc3-c3ccc([S+](c4ccccc4)c4ccccc4)cc32)cc1. The van der Waals surface area contributed by atoms with Crippen LogP contribution in [0.25, 0.3) is 11.1 Å². The first-order valence-corrected chi connectivity index (χ1v) is 14.6. The Balaban J connectivity index is 1.55. The molecule has 0 heterocycles. The number of fused-ring (bicyclic) bond motifs is 3. The van der Waals surface area contributed by atoms with Crippen molar-refractivity contribution >= 4 is 10.9 Å². The van der Waals surface area contributed by atoms with Gasteiger partial charge in [-0.25, -0.2) is 0 Å². The van der Waals surface area contributed by atoms with Crippen LogP contribution in [0.1, 0.15) is 22.3 Å². The molecule has 0 saturated carbocycles. The zero-order chi connectivity index (χ0) is 27.1. The van der Waals surface area contributed by atoms with Crippen molar-refractivity contribution in [3.8, 4) is 22.6 Å². The van der Waals surface area contributed by atoms with Crippen LogP contribution >= 0.6 is 0 Å². The fourth-order valence-corrected chi connectivity index (χ4v) is 8.23. The van der Waals surface area contributed by atoms with Crippen LogP contribution in [-0.4, -0.2) is 10.2 Å². The van der Waals surface area contributed by atoms with Crippen LogP contribution in [0.2, 0.25) is 0 Å². The van der Waals surface area contributed by atoms with Gasteiger partial charge in [0.2, 0.25) is 0 Å². The molecular weight excluding hydrogens is 508 g/mol. The summed E-state index contributed by atoms with van der Waals surface area (Å²) >= 11 is 0. The average molecular weight is 536 g/mol. The van der Waals surface area contributed by atoms with Gasteiger partial charge in [0.25, 0.3) is 0 Å². The number of hydrogen-bond donors (Lipinski definition) is 2. The molecule has 0 saturated heterocycles. The van der Waals surface area contributed by atoms with Crippen LogP contribution in [0.4, 0.5) is 0 Å². The minimum Gasteiger partial charge on any atom is -0.508 e. The molecule has 0 amide bonds. The monoisotopic (exact) mass is 535 g/mol. The van der Waals surface area contributed by atoms with Gasteiger partial charge >= 0.3 is 0 Å². The smallest absolute Gasteiger partial charge is 0.166 e. The first kappa shape index (κ1) is 24.3. The molecule has 0 aliphatic heterocycles. The van der Waals surface area contributed by atoms with E-state index in [1.807, 2.05) is 24.3 Å². The van der Waals surface area contributed by atoms with E-state index in [0.717, 1.165) is 11.1 Å². The minimum atomic E-state index is -0.619. The Kier molecular flexibility index (Phi) is 5.95. The van der Waals surface area contributed by atoms with Gasteiger partial charge in [0, 0.05) is 0 Å². The topological polar surface area (TPSA) is 40.5 Å². The van der Waals surface area contributed by atoms with Crippen LogP contribution in [-0.2, 0) is 16.3 Å². The molecule has 1 aliphatic carbocycles. The molecule has 40 heavy (non-hydrogen) atoms. The van der Waals surface area contributed by atoms with E-state index in [0.29, 0.717) is 0 Å². The normalized spacial score (nSPS) is 13.1. The second-order valence-corrected chi connectivity index (χ2v) is 12.1. The van der Waals surface area contributed by atoms with Crippen LogP contribution < -0.4 is 0 Å². The van der Waals surface area contributed by atoms with Crippen molar-refractivity contribution in [3.63, 3.8) is 0 Å². The summed E-state index contributed by atoms with van der Waals surface area (Å²) in [7, 11) is -0.306. The highest BCUT2D eigenvalue weighted by atomic mass is 32.2. The molecular formula is C37H27O2S+. The molecule has 0 fully saturated rings. The number of aromatic hydroxyl groups is 2. The molecule has 0 spiro atoms. The van der Waals surface area contributed by atoms with Crippen molar-refractivity contribution < 1.29 is 10.2 Å². The summed E-state index contributed by atoms with van der Waals surface area (Å²) in [6.45, 7) is 0. The highest BCUT2D eigenvalue weighted by Gasteiger charge is 2.47. The number of phenolic OH excluding ortho intramolecular Hbond substituents is 2. The summed E-state index contributed by atoms with van der Waals surface area (Å²) in [6.07, 6.45) is 0. The molecule has 0 unspecified atom stereocenters. The van der Waals surface area contributed by atoms with E-state index in [1.54, 1.807) is 24.3 Å². The summed E-state index contributed by atoms with van der Waals surface area (Å²) < 4.78 is 0. The first-order valence-electron chi connectivity index (χ1n) is 13.3. The van der Waals surface area contributed by atoms with E-state index in [-0.39, 0.29) is 22.4 Å². The maximum atomic E-state index is 10.2. The van der Waals surface area contributed by atoms with E-state index in [4.69, 9.17) is 0 Å². The van der Waals surface area contributed by atoms with Crippen molar-refractivity contribution in [2.24, 2.45) is 0 Å². The Morgan fingerprint density at radius 2 is 0.875 bits per heavy atom. The maximum Gasteiger partial charge on any atom is 0.166 e. The van der Waals surface area contributed by atoms with Crippen LogP contribution in [0.5, 0.6) is 11.5 Å². The van der Waals surface area contributed by atoms with Crippen LogP contribution in [0, 0.1) is 0 Å². The van der Waals surface area contributed by atoms with E-state index in [2.05, 4.69) is 103 Å². The Bertz CT molecular complexity index is 1710. The van der Waals surface area contributed by atoms with E-state index >= 15 is 0 Å². The Labute approximate surface area is 237 Å². The van der Waals surface area contributed by atoms with Crippen molar-refractivity contribution in [1.29, 1.82) is 0 Å². The van der Waals surface area contributed by atoms with E-state index in [1.165, 1.54) is 36.9 Å². The quantitative estimate of drug-likeness (QED) is 0.217. The van der Waals surface area contributed by atoms with Gasteiger partial charge in [-0.05, 0) is 100 Å². The lowest BCUT2D eigenvalue weighted by molar-refractivity contribution is 0.475. The lowest BCUT2D eigenvalue weighted by Gasteiger charge is -2.34. The van der Waals surface area contributed by atoms with Gasteiger partial charge in [-0.2, -0.15) is 0 Å². The zero-order valence-corrected chi connectivity index (χ0v) is 22.6. The summed E-state index contributed by atoms with van der Waals surface area (Å²) in [5, 5.41) is 20.4. The first-order chi connectivity index (χ1) is 19.7. The van der Waals surface area contributed by atoms with Crippen molar-refractivity contribution in [2.75, 3.05) is 0 Å². The molecule has 1 aliphatic rings. The third-order valence-electron chi connectivity index (χ3n) is 7.81. The van der Waals surface area contributed by atoms with Crippen LogP contribution in [0.3, 0.4) is 0 Å². The molecule has 0 radical (unpaired) electrons. The van der Waals surface area contributed by atoms with Gasteiger partial charge in [-0.1, -0.05) is 84.9 Å². The van der Waals surface area contributed by atoms with Gasteiger partial charge in [0.15, 0.2) is 14.7 Å². The number of benzene rings is 6. The fourth-order valence-electron chi connectivity index (χ4n) is 6.12. The molecule has 0 aromatic heterocycles. The van der Waals surface area contributed by atoms with Crippen molar-refractivity contribution in [2.45, 2.75) is 20.1 Å². The molecule has 2 nitrogen and oxygen atoms in total. The summed E-state index contributed by atoms with van der Waals surface area (Å²) in [5.41, 5.74) is 6.31. The molecule has 7 rings (SSSR count). The summed E-state index contributed by atoms with van der Waals surface area (Å²) in [6, 6.07) is 52.1. The van der Waals surface area contributed by atoms with Gasteiger partial charge in [-0.15, -0.1) is 0 Å². The minimum absolute atomic E-state index is 0.236. The summed E-state index contributed by atoms with van der Waals surface area (Å²) in [5.74, 6) is 0.471. The largest absolute Gasteiger partial charge is 0.508 e. The van der Waals surface area contributed by atoms with Crippen molar-refractivity contribution in [3.05, 3.63) is 174 Å². The lowest BCUT2D eigenvalue weighted by Crippen LogP contribution is -2.28. The summed E-state index contributed by atoms with van der Waals surface area (Å²) in [4.78, 5) is 3.78. The van der Waals surface area contributed by atoms with Gasteiger partial charge in [0.1, 0.15) is 11.5 Å². The third kappa shape index (κ3) is 3.82. The Morgan fingerprint density at radius 3 is 1.43 bits per heavy atom. The lowest BCUT2D eigenvalue weighted by atomic mass is 9.67. The molecule has 0 bridgehead atoms. The van der Waals surface area contributed by atoms with Crippen LogP contribution in [0.15, 0.2) is 166 Å². The van der Waals surface area contributed by atoms with Gasteiger partial charge in [0.05, 0.1) is 16.3 Å². The number of hydrogen-bond acceptors (Lipinski definition) is 2.